The zero-order valence-corrected chi connectivity index (χ0v) is 8.77. The van der Waals surface area contributed by atoms with E-state index in [1.807, 2.05) is 0 Å². The fourth-order valence-corrected chi connectivity index (χ4v) is 1.12. The monoisotopic (exact) mass is 249 g/mol. The van der Waals surface area contributed by atoms with Crippen molar-refractivity contribution in [2.24, 2.45) is 5.73 Å². The van der Waals surface area contributed by atoms with Gasteiger partial charge in [0, 0.05) is 19.1 Å². The lowest BCUT2D eigenvalue weighted by molar-refractivity contribution is -0.135. The van der Waals surface area contributed by atoms with Crippen molar-refractivity contribution in [2.75, 3.05) is 13.2 Å². The number of halogens is 5. The van der Waals surface area contributed by atoms with Crippen molar-refractivity contribution >= 4 is 0 Å². The van der Waals surface area contributed by atoms with E-state index in [4.69, 9.17) is 5.73 Å². The summed E-state index contributed by atoms with van der Waals surface area (Å²) < 4.78 is 63.0. The number of ether oxygens (including phenoxy) is 1. The van der Waals surface area contributed by atoms with Crippen LogP contribution >= 0.6 is 0 Å². The van der Waals surface area contributed by atoms with Gasteiger partial charge in [-0.25, -0.2) is 8.78 Å². The van der Waals surface area contributed by atoms with Crippen LogP contribution in [0.5, 0.6) is 0 Å². The molecule has 1 unspecified atom stereocenters. The average Bonchev–Trinajstić information content (AvgIpc) is 2.10. The van der Waals surface area contributed by atoms with E-state index in [9.17, 15) is 22.0 Å². The predicted octanol–water partition coefficient (Wildman–Crippen LogP) is 2.72. The molecule has 0 aliphatic carbocycles. The molecule has 0 heterocycles. The number of rotatable bonds is 8. The van der Waals surface area contributed by atoms with E-state index < -0.39 is 31.7 Å². The van der Waals surface area contributed by atoms with Gasteiger partial charge < -0.3 is 10.5 Å². The first kappa shape index (κ1) is 15.6. The summed E-state index contributed by atoms with van der Waals surface area (Å²) in [6, 6.07) is -0.431. The van der Waals surface area contributed by atoms with Crippen LogP contribution in [0, 0.1) is 0 Å². The second-order valence-electron chi connectivity index (χ2n) is 3.52. The Morgan fingerprint density at radius 2 is 1.75 bits per heavy atom. The van der Waals surface area contributed by atoms with Crippen LogP contribution in [-0.2, 0) is 4.74 Å². The van der Waals surface area contributed by atoms with Crippen molar-refractivity contribution in [3.8, 4) is 0 Å². The van der Waals surface area contributed by atoms with Crippen molar-refractivity contribution in [3.05, 3.63) is 0 Å². The Kier molecular flexibility index (Phi) is 7.57. The number of hydrogen-bond donors (Lipinski definition) is 1. The second-order valence-corrected chi connectivity index (χ2v) is 3.52. The van der Waals surface area contributed by atoms with Gasteiger partial charge in [0.05, 0.1) is 0 Å². The number of hydrogen-bond acceptors (Lipinski definition) is 2. The smallest absolute Gasteiger partial charge is 0.375 e. The van der Waals surface area contributed by atoms with E-state index in [2.05, 4.69) is 4.74 Å². The molecule has 0 fully saturated rings. The van der Waals surface area contributed by atoms with Crippen LogP contribution < -0.4 is 5.73 Å². The second kappa shape index (κ2) is 7.78. The fourth-order valence-electron chi connectivity index (χ4n) is 1.12. The van der Waals surface area contributed by atoms with Gasteiger partial charge in [0.15, 0.2) is 0 Å². The Hall–Kier alpha value is -0.430. The first-order valence-electron chi connectivity index (χ1n) is 4.99. The minimum absolute atomic E-state index is 0.0421. The summed E-state index contributed by atoms with van der Waals surface area (Å²) >= 11 is 0. The molecular formula is C9H16F5NO. The van der Waals surface area contributed by atoms with Gasteiger partial charge in [0.2, 0.25) is 0 Å². The van der Waals surface area contributed by atoms with Gasteiger partial charge in [-0.2, -0.15) is 13.2 Å². The van der Waals surface area contributed by atoms with Crippen LogP contribution in [0.3, 0.4) is 0 Å². The molecule has 98 valence electrons. The minimum atomic E-state index is -4.16. The summed E-state index contributed by atoms with van der Waals surface area (Å²) in [6.07, 6.45) is -7.08. The lowest BCUT2D eigenvalue weighted by atomic mass is 10.1. The van der Waals surface area contributed by atoms with Crippen LogP contribution in [0.15, 0.2) is 0 Å². The molecule has 16 heavy (non-hydrogen) atoms. The highest BCUT2D eigenvalue weighted by atomic mass is 19.4. The Labute approximate surface area is 90.9 Å². The van der Waals surface area contributed by atoms with E-state index >= 15 is 0 Å². The molecule has 0 saturated carbocycles. The third-order valence-electron chi connectivity index (χ3n) is 1.91. The molecule has 0 aliphatic rings. The van der Waals surface area contributed by atoms with E-state index in [1.54, 1.807) is 0 Å². The summed E-state index contributed by atoms with van der Waals surface area (Å²) in [5.74, 6) is 0. The molecule has 1 atom stereocenters. The maximum atomic E-state index is 11.8. The summed E-state index contributed by atoms with van der Waals surface area (Å²) in [7, 11) is 0. The molecule has 0 amide bonds. The van der Waals surface area contributed by atoms with Crippen LogP contribution in [0.4, 0.5) is 22.0 Å². The van der Waals surface area contributed by atoms with Gasteiger partial charge >= 0.3 is 6.18 Å². The lowest BCUT2D eigenvalue weighted by Gasteiger charge is -2.12. The summed E-state index contributed by atoms with van der Waals surface area (Å²) in [5.41, 5.74) is 5.49. The van der Waals surface area contributed by atoms with E-state index in [0.717, 1.165) is 0 Å². The van der Waals surface area contributed by atoms with Crippen LogP contribution in [-0.4, -0.2) is 31.9 Å². The molecule has 0 aliphatic heterocycles. The number of nitrogens with two attached hydrogens (primary N) is 1. The van der Waals surface area contributed by atoms with Crippen molar-refractivity contribution in [1.29, 1.82) is 0 Å². The van der Waals surface area contributed by atoms with Crippen molar-refractivity contribution in [3.63, 3.8) is 0 Å². The third-order valence-corrected chi connectivity index (χ3v) is 1.91. The Bertz CT molecular complexity index is 174. The van der Waals surface area contributed by atoms with Crippen molar-refractivity contribution < 1.29 is 26.7 Å². The summed E-state index contributed by atoms with van der Waals surface area (Å²) in [4.78, 5) is 0. The summed E-state index contributed by atoms with van der Waals surface area (Å²) in [6.45, 7) is -0.604. The molecule has 0 bridgehead atoms. The molecular weight excluding hydrogens is 233 g/mol. The molecule has 0 aromatic carbocycles. The normalized spacial score (nSPS) is 14.4. The molecule has 0 aromatic rings. The zero-order chi connectivity index (χ0) is 12.6. The Balaban J connectivity index is 3.35. The maximum Gasteiger partial charge on any atom is 0.389 e. The Morgan fingerprint density at radius 1 is 1.12 bits per heavy atom. The fraction of sp³-hybridized carbons (Fsp3) is 1.00. The highest BCUT2D eigenvalue weighted by molar-refractivity contribution is 4.62. The largest absolute Gasteiger partial charge is 0.389 e. The molecule has 0 rings (SSSR count). The van der Waals surface area contributed by atoms with E-state index in [-0.39, 0.29) is 19.4 Å². The van der Waals surface area contributed by atoms with Gasteiger partial charge in [-0.05, 0) is 19.3 Å². The number of alkyl halides is 5. The molecule has 0 radical (unpaired) electrons. The molecule has 0 aromatic heterocycles. The zero-order valence-electron chi connectivity index (χ0n) is 8.77. The average molecular weight is 249 g/mol. The summed E-state index contributed by atoms with van der Waals surface area (Å²) in [5, 5.41) is 0. The van der Waals surface area contributed by atoms with E-state index in [0.29, 0.717) is 6.42 Å². The predicted molar refractivity (Wildman–Crippen MR) is 49.3 cm³/mol. The van der Waals surface area contributed by atoms with Crippen molar-refractivity contribution in [1.82, 2.24) is 0 Å². The van der Waals surface area contributed by atoms with E-state index in [1.165, 1.54) is 0 Å². The van der Waals surface area contributed by atoms with Gasteiger partial charge in [0.1, 0.15) is 6.61 Å². The molecule has 0 saturated heterocycles. The first-order chi connectivity index (χ1) is 7.31. The van der Waals surface area contributed by atoms with Gasteiger partial charge in [-0.1, -0.05) is 0 Å². The highest BCUT2D eigenvalue weighted by Crippen LogP contribution is 2.22. The quantitative estimate of drug-likeness (QED) is 0.530. The van der Waals surface area contributed by atoms with Crippen LogP contribution in [0.2, 0.25) is 0 Å². The SMILES string of the molecule is NC(CCCC(F)(F)F)CCOCC(F)F. The minimum Gasteiger partial charge on any atom is -0.375 e. The standard InChI is InChI=1S/C9H16F5NO/c10-8(11)6-16-5-3-7(15)2-1-4-9(12,13)14/h7-8H,1-6,15H2. The molecule has 2 nitrogen and oxygen atoms in total. The third kappa shape index (κ3) is 11.6. The van der Waals surface area contributed by atoms with Gasteiger partial charge in [0.25, 0.3) is 6.43 Å². The Morgan fingerprint density at radius 3 is 2.25 bits per heavy atom. The molecule has 7 heteroatoms. The maximum absolute atomic E-state index is 11.8. The topological polar surface area (TPSA) is 35.2 Å². The van der Waals surface area contributed by atoms with Crippen molar-refractivity contribution in [2.45, 2.75) is 44.3 Å². The van der Waals surface area contributed by atoms with Gasteiger partial charge in [-0.3, -0.25) is 0 Å². The first-order valence-corrected chi connectivity index (χ1v) is 4.99. The van der Waals surface area contributed by atoms with Gasteiger partial charge in [-0.15, -0.1) is 0 Å². The lowest BCUT2D eigenvalue weighted by Crippen LogP contribution is -2.23. The molecule has 2 N–H and O–H groups in total. The van der Waals surface area contributed by atoms with Crippen LogP contribution in [0.25, 0.3) is 0 Å². The molecule has 0 spiro atoms. The van der Waals surface area contributed by atoms with Crippen LogP contribution in [0.1, 0.15) is 25.7 Å². The highest BCUT2D eigenvalue weighted by Gasteiger charge is 2.26.